The number of rotatable bonds is 6. The van der Waals surface area contributed by atoms with E-state index in [0.717, 1.165) is 39.3 Å². The maximum atomic E-state index is 12.0. The second kappa shape index (κ2) is 8.07. The van der Waals surface area contributed by atoms with Crippen molar-refractivity contribution in [1.82, 2.24) is 5.32 Å². The molecule has 1 heterocycles. The second-order valence-electron chi connectivity index (χ2n) is 5.14. The predicted octanol–water partition coefficient (Wildman–Crippen LogP) is 0.283. The summed E-state index contributed by atoms with van der Waals surface area (Å²) in [6.07, 6.45) is 0.867. The zero-order chi connectivity index (χ0) is 15.9. The first kappa shape index (κ1) is 16.7. The van der Waals surface area contributed by atoms with Crippen LogP contribution in [0.2, 0.25) is 5.02 Å². The third-order valence-electron chi connectivity index (χ3n) is 3.60. The van der Waals surface area contributed by atoms with Crippen molar-refractivity contribution in [2.75, 3.05) is 39.4 Å². The molecule has 0 unspecified atom stereocenters. The number of nitro benzene ring substituents is 1. The second-order valence-corrected chi connectivity index (χ2v) is 5.55. The van der Waals surface area contributed by atoms with E-state index in [1.54, 1.807) is 0 Å². The van der Waals surface area contributed by atoms with Crippen molar-refractivity contribution in [3.05, 3.63) is 38.9 Å². The summed E-state index contributed by atoms with van der Waals surface area (Å²) in [7, 11) is 0. The number of non-ortho nitro benzene ring substituents is 1. The molecule has 1 aliphatic rings. The minimum atomic E-state index is -0.543. The van der Waals surface area contributed by atoms with E-state index in [2.05, 4.69) is 5.32 Å². The number of amides is 1. The monoisotopic (exact) mass is 328 g/mol. The SMILES string of the molecule is O=C(NCCC[NH+]1CCOCC1)c1ccc([N+](=O)[O-])cc1Cl. The fourth-order valence-corrected chi connectivity index (χ4v) is 2.61. The van der Waals surface area contributed by atoms with Crippen molar-refractivity contribution >= 4 is 23.2 Å². The topological polar surface area (TPSA) is 85.9 Å². The lowest BCUT2D eigenvalue weighted by atomic mass is 10.2. The molecular weight excluding hydrogens is 310 g/mol. The Hall–Kier alpha value is -1.70. The van der Waals surface area contributed by atoms with Crippen molar-refractivity contribution in [2.45, 2.75) is 6.42 Å². The average molecular weight is 329 g/mol. The zero-order valence-electron chi connectivity index (χ0n) is 12.1. The van der Waals surface area contributed by atoms with Gasteiger partial charge < -0.3 is 15.0 Å². The van der Waals surface area contributed by atoms with E-state index in [1.165, 1.54) is 23.1 Å². The van der Waals surface area contributed by atoms with Crippen LogP contribution in [0.25, 0.3) is 0 Å². The van der Waals surface area contributed by atoms with Crippen LogP contribution in [0.5, 0.6) is 0 Å². The maximum Gasteiger partial charge on any atom is 0.270 e. The van der Waals surface area contributed by atoms with Crippen LogP contribution in [0, 0.1) is 10.1 Å². The maximum absolute atomic E-state index is 12.0. The first-order chi connectivity index (χ1) is 10.6. The van der Waals surface area contributed by atoms with E-state index in [4.69, 9.17) is 16.3 Å². The Balaban J connectivity index is 1.78. The van der Waals surface area contributed by atoms with Crippen molar-refractivity contribution in [1.29, 1.82) is 0 Å². The van der Waals surface area contributed by atoms with E-state index >= 15 is 0 Å². The quantitative estimate of drug-likeness (QED) is 0.446. The van der Waals surface area contributed by atoms with Gasteiger partial charge in [0.05, 0.1) is 35.3 Å². The minimum Gasteiger partial charge on any atom is -0.370 e. The molecule has 1 aromatic carbocycles. The number of morpholine rings is 1. The Morgan fingerprint density at radius 3 is 2.77 bits per heavy atom. The van der Waals surface area contributed by atoms with Gasteiger partial charge in [-0.05, 0) is 6.07 Å². The highest BCUT2D eigenvalue weighted by Gasteiger charge is 2.16. The lowest BCUT2D eigenvalue weighted by Crippen LogP contribution is -3.14. The third-order valence-corrected chi connectivity index (χ3v) is 3.91. The van der Waals surface area contributed by atoms with Gasteiger partial charge in [0.15, 0.2) is 0 Å². The van der Waals surface area contributed by atoms with Crippen molar-refractivity contribution in [2.24, 2.45) is 0 Å². The normalized spacial score (nSPS) is 15.5. The molecule has 8 heteroatoms. The number of ether oxygens (including phenoxy) is 1. The highest BCUT2D eigenvalue weighted by Crippen LogP contribution is 2.22. The van der Waals surface area contributed by atoms with Crippen LogP contribution in [0.15, 0.2) is 18.2 Å². The van der Waals surface area contributed by atoms with Crippen molar-refractivity contribution in [3.8, 4) is 0 Å². The van der Waals surface area contributed by atoms with E-state index in [1.807, 2.05) is 0 Å². The molecule has 1 fully saturated rings. The molecule has 0 aromatic heterocycles. The Labute approximate surface area is 133 Å². The summed E-state index contributed by atoms with van der Waals surface area (Å²) >= 11 is 5.92. The number of nitro groups is 1. The van der Waals surface area contributed by atoms with E-state index < -0.39 is 4.92 Å². The Morgan fingerprint density at radius 1 is 1.41 bits per heavy atom. The summed E-state index contributed by atoms with van der Waals surface area (Å²) in [5, 5.41) is 13.5. The highest BCUT2D eigenvalue weighted by atomic mass is 35.5. The molecule has 0 saturated carbocycles. The zero-order valence-corrected chi connectivity index (χ0v) is 12.9. The summed E-state index contributed by atoms with van der Waals surface area (Å²) in [6, 6.07) is 3.84. The summed E-state index contributed by atoms with van der Waals surface area (Å²) < 4.78 is 5.29. The number of benzene rings is 1. The lowest BCUT2D eigenvalue weighted by Gasteiger charge is -2.23. The molecular formula is C14H19ClN3O4+. The fourth-order valence-electron chi connectivity index (χ4n) is 2.35. The number of hydrogen-bond donors (Lipinski definition) is 2. The van der Waals surface area contributed by atoms with Gasteiger partial charge in [-0.25, -0.2) is 0 Å². The average Bonchev–Trinajstić information content (AvgIpc) is 2.52. The first-order valence-corrected chi connectivity index (χ1v) is 7.59. The summed E-state index contributed by atoms with van der Waals surface area (Å²) in [6.45, 7) is 5.12. The molecule has 0 aliphatic carbocycles. The Bertz CT molecular complexity index is 547. The van der Waals surface area contributed by atoms with Crippen LogP contribution in [0.4, 0.5) is 5.69 Å². The number of hydrogen-bond acceptors (Lipinski definition) is 4. The van der Waals surface area contributed by atoms with Gasteiger partial charge in [0.2, 0.25) is 0 Å². The number of nitrogens with zero attached hydrogens (tertiary/aromatic N) is 1. The Kier molecular flexibility index (Phi) is 6.11. The molecule has 1 aromatic rings. The van der Waals surface area contributed by atoms with Crippen LogP contribution in [0.3, 0.4) is 0 Å². The van der Waals surface area contributed by atoms with Crippen LogP contribution < -0.4 is 10.2 Å². The molecule has 0 atom stereocenters. The summed E-state index contributed by atoms with van der Waals surface area (Å²) in [5.74, 6) is -0.308. The van der Waals surface area contributed by atoms with E-state index in [0.29, 0.717) is 6.54 Å². The molecule has 7 nitrogen and oxygen atoms in total. The van der Waals surface area contributed by atoms with Gasteiger partial charge in [-0.2, -0.15) is 0 Å². The van der Waals surface area contributed by atoms with E-state index in [-0.39, 0.29) is 22.2 Å². The van der Waals surface area contributed by atoms with Gasteiger partial charge in [-0.1, -0.05) is 11.6 Å². The molecule has 1 aliphatic heterocycles. The Morgan fingerprint density at radius 2 is 2.14 bits per heavy atom. The molecule has 2 N–H and O–H groups in total. The number of carbonyl (C=O) groups excluding carboxylic acids is 1. The molecule has 22 heavy (non-hydrogen) atoms. The summed E-state index contributed by atoms with van der Waals surface area (Å²) in [5.41, 5.74) is 0.128. The van der Waals surface area contributed by atoms with Crippen molar-refractivity contribution < 1.29 is 19.4 Å². The van der Waals surface area contributed by atoms with Gasteiger partial charge in [0.25, 0.3) is 11.6 Å². The molecule has 0 bridgehead atoms. The lowest BCUT2D eigenvalue weighted by molar-refractivity contribution is -0.908. The fraction of sp³-hybridized carbons (Fsp3) is 0.500. The molecule has 2 rings (SSSR count). The van der Waals surface area contributed by atoms with Crippen molar-refractivity contribution in [3.63, 3.8) is 0 Å². The van der Waals surface area contributed by atoms with E-state index in [9.17, 15) is 14.9 Å². The van der Waals surface area contributed by atoms with Gasteiger partial charge in [0, 0.05) is 25.1 Å². The van der Waals surface area contributed by atoms with Gasteiger partial charge >= 0.3 is 0 Å². The molecule has 0 spiro atoms. The van der Waals surface area contributed by atoms with Crippen LogP contribution in [-0.2, 0) is 4.74 Å². The number of nitrogens with one attached hydrogen (secondary N) is 2. The largest absolute Gasteiger partial charge is 0.370 e. The number of quaternary nitrogens is 1. The first-order valence-electron chi connectivity index (χ1n) is 7.21. The standard InChI is InChI=1S/C14H18ClN3O4/c15-13-10-11(18(20)21)2-3-12(13)14(19)16-4-1-5-17-6-8-22-9-7-17/h2-3,10H,1,4-9H2,(H,16,19)/p+1. The highest BCUT2D eigenvalue weighted by molar-refractivity contribution is 6.34. The number of halogens is 1. The molecule has 1 saturated heterocycles. The van der Waals surface area contributed by atoms with Gasteiger partial charge in [-0.15, -0.1) is 0 Å². The van der Waals surface area contributed by atoms with Crippen LogP contribution >= 0.6 is 11.6 Å². The number of carbonyl (C=O) groups is 1. The molecule has 0 radical (unpaired) electrons. The van der Waals surface area contributed by atoms with Crippen LogP contribution in [0.1, 0.15) is 16.8 Å². The van der Waals surface area contributed by atoms with Crippen LogP contribution in [-0.4, -0.2) is 50.2 Å². The summed E-state index contributed by atoms with van der Waals surface area (Å²) in [4.78, 5) is 23.6. The molecule has 120 valence electrons. The predicted molar refractivity (Wildman–Crippen MR) is 81.4 cm³/mol. The van der Waals surface area contributed by atoms with Gasteiger partial charge in [0.1, 0.15) is 13.1 Å². The minimum absolute atomic E-state index is 0.0884. The third kappa shape index (κ3) is 4.66. The molecule has 1 amide bonds. The van der Waals surface area contributed by atoms with Gasteiger partial charge in [-0.3, -0.25) is 14.9 Å². The smallest absolute Gasteiger partial charge is 0.270 e.